The van der Waals surface area contributed by atoms with Crippen molar-refractivity contribution in [1.82, 2.24) is 0 Å². The average Bonchev–Trinajstić information content (AvgIpc) is 2.70. The van der Waals surface area contributed by atoms with E-state index in [0.29, 0.717) is 11.5 Å². The van der Waals surface area contributed by atoms with Crippen LogP contribution < -0.4 is 0 Å². The molecule has 0 fully saturated rings. The highest BCUT2D eigenvalue weighted by molar-refractivity contribution is 9.12. The lowest BCUT2D eigenvalue weighted by Gasteiger charge is -1.96. The Balaban J connectivity index is 2.47. The van der Waals surface area contributed by atoms with Crippen LogP contribution in [0, 0.1) is 0 Å². The van der Waals surface area contributed by atoms with E-state index in [9.17, 15) is 4.79 Å². The first kappa shape index (κ1) is 11.6. The summed E-state index contributed by atoms with van der Waals surface area (Å²) in [5.41, 5.74) is 0. The van der Waals surface area contributed by atoms with Gasteiger partial charge in [0.15, 0.2) is 0 Å². The Morgan fingerprint density at radius 3 is 2.73 bits per heavy atom. The molecule has 0 radical (unpaired) electrons. The number of rotatable bonds is 2. The zero-order chi connectivity index (χ0) is 11.0. The monoisotopic (exact) mass is 368 g/mol. The number of fused-ring (bicyclic) bond motifs is 1. The molecule has 80 valence electrons. The van der Waals surface area contributed by atoms with Crippen molar-refractivity contribution < 1.29 is 9.53 Å². The molecular formula is C9H6Br2O2S2. The maximum absolute atomic E-state index is 11.5. The van der Waals surface area contributed by atoms with E-state index in [-0.39, 0.29) is 5.97 Å². The highest BCUT2D eigenvalue weighted by Crippen LogP contribution is 2.43. The van der Waals surface area contributed by atoms with E-state index in [2.05, 4.69) is 31.9 Å². The van der Waals surface area contributed by atoms with Crippen molar-refractivity contribution in [1.29, 1.82) is 0 Å². The molecule has 0 unspecified atom stereocenters. The van der Waals surface area contributed by atoms with Crippen molar-refractivity contribution in [3.63, 3.8) is 0 Å². The predicted molar refractivity (Wildman–Crippen MR) is 71.1 cm³/mol. The Morgan fingerprint density at radius 2 is 2.13 bits per heavy atom. The van der Waals surface area contributed by atoms with Gasteiger partial charge in [-0.05, 0) is 44.8 Å². The van der Waals surface area contributed by atoms with Gasteiger partial charge in [-0.2, -0.15) is 0 Å². The van der Waals surface area contributed by atoms with Gasteiger partial charge in [-0.3, -0.25) is 0 Å². The van der Waals surface area contributed by atoms with Crippen LogP contribution >= 0.6 is 54.5 Å². The molecule has 0 aromatic carbocycles. The van der Waals surface area contributed by atoms with E-state index >= 15 is 0 Å². The lowest BCUT2D eigenvalue weighted by molar-refractivity contribution is 0.0532. The molecule has 0 N–H and O–H groups in total. The molecule has 0 spiro atoms. The maximum Gasteiger partial charge on any atom is 0.348 e. The average molecular weight is 370 g/mol. The number of thiophene rings is 2. The first-order chi connectivity index (χ1) is 7.13. The second kappa shape index (κ2) is 4.53. The van der Waals surface area contributed by atoms with E-state index in [1.807, 2.05) is 6.07 Å². The van der Waals surface area contributed by atoms with E-state index in [1.165, 1.54) is 11.3 Å². The van der Waals surface area contributed by atoms with Crippen molar-refractivity contribution in [2.75, 3.05) is 6.61 Å². The van der Waals surface area contributed by atoms with E-state index in [0.717, 1.165) is 17.7 Å². The van der Waals surface area contributed by atoms with Gasteiger partial charge in [-0.15, -0.1) is 22.7 Å². The molecule has 0 saturated carbocycles. The Bertz CT molecular complexity index is 481. The second-order valence-corrected chi connectivity index (χ2v) is 7.43. The molecule has 2 aromatic heterocycles. The summed E-state index contributed by atoms with van der Waals surface area (Å²) in [6.07, 6.45) is 0. The zero-order valence-electron chi connectivity index (χ0n) is 7.67. The molecule has 2 heterocycles. The molecular weight excluding hydrogens is 364 g/mol. The molecule has 2 nitrogen and oxygen atoms in total. The molecule has 2 rings (SSSR count). The highest BCUT2D eigenvalue weighted by Gasteiger charge is 2.16. The molecule has 0 atom stereocenters. The number of halogens is 2. The molecule has 2 aromatic rings. The minimum Gasteiger partial charge on any atom is -0.462 e. The van der Waals surface area contributed by atoms with Gasteiger partial charge in [-0.25, -0.2) is 4.79 Å². The quantitative estimate of drug-likeness (QED) is 0.719. The zero-order valence-corrected chi connectivity index (χ0v) is 12.5. The Hall–Kier alpha value is 0.0900. The summed E-state index contributed by atoms with van der Waals surface area (Å²) in [4.78, 5) is 12.1. The van der Waals surface area contributed by atoms with E-state index < -0.39 is 0 Å². The number of hydrogen-bond donors (Lipinski definition) is 0. The van der Waals surface area contributed by atoms with Crippen LogP contribution in [0.3, 0.4) is 0 Å². The summed E-state index contributed by atoms with van der Waals surface area (Å²) in [7, 11) is 0. The van der Waals surface area contributed by atoms with Gasteiger partial charge in [0, 0.05) is 5.39 Å². The van der Waals surface area contributed by atoms with Crippen molar-refractivity contribution in [2.24, 2.45) is 0 Å². The number of hydrogen-bond acceptors (Lipinski definition) is 4. The minimum absolute atomic E-state index is 0.248. The Labute approximate surface area is 111 Å². The number of carbonyl (C=O) groups excluding carboxylic acids is 1. The van der Waals surface area contributed by atoms with Crippen LogP contribution in [-0.4, -0.2) is 12.6 Å². The maximum atomic E-state index is 11.5. The molecule has 0 bridgehead atoms. The third-order valence-corrected chi connectivity index (χ3v) is 5.88. The Morgan fingerprint density at radius 1 is 1.40 bits per heavy atom. The summed E-state index contributed by atoms with van der Waals surface area (Å²) in [6, 6.07) is 1.86. The summed E-state index contributed by atoms with van der Waals surface area (Å²) in [5, 5.41) is 1.07. The molecule has 0 amide bonds. The molecule has 0 saturated heterocycles. The van der Waals surface area contributed by atoms with E-state index in [4.69, 9.17) is 4.74 Å². The van der Waals surface area contributed by atoms with Crippen molar-refractivity contribution >= 4 is 70.6 Å². The number of ether oxygens (including phenoxy) is 1. The van der Waals surface area contributed by atoms with Crippen molar-refractivity contribution in [2.45, 2.75) is 6.92 Å². The standard InChI is InChI=1S/C9H6Br2O2S2/c1-2-13-9(12)5-3-4-6(14-5)8(11)15-7(4)10/h3H,2H2,1H3. The van der Waals surface area contributed by atoms with Gasteiger partial charge >= 0.3 is 5.97 Å². The normalized spacial score (nSPS) is 10.9. The number of carbonyl (C=O) groups is 1. The molecule has 0 aliphatic carbocycles. The summed E-state index contributed by atoms with van der Waals surface area (Å²) < 4.78 is 8.13. The van der Waals surface area contributed by atoms with Crippen LogP contribution in [-0.2, 0) is 4.74 Å². The van der Waals surface area contributed by atoms with Gasteiger partial charge in [0.05, 0.1) is 18.9 Å². The van der Waals surface area contributed by atoms with Gasteiger partial charge in [-0.1, -0.05) is 0 Å². The SMILES string of the molecule is CCOC(=O)c1cc2c(Br)sc(Br)c2s1. The minimum atomic E-state index is -0.248. The smallest absolute Gasteiger partial charge is 0.348 e. The van der Waals surface area contributed by atoms with Crippen LogP contribution in [0.1, 0.15) is 16.6 Å². The van der Waals surface area contributed by atoms with Crippen LogP contribution in [0.25, 0.3) is 10.1 Å². The van der Waals surface area contributed by atoms with Crippen molar-refractivity contribution in [3.8, 4) is 0 Å². The summed E-state index contributed by atoms with van der Waals surface area (Å²) in [5.74, 6) is -0.248. The highest BCUT2D eigenvalue weighted by atomic mass is 79.9. The lowest BCUT2D eigenvalue weighted by atomic mass is 10.4. The van der Waals surface area contributed by atoms with Crippen LogP contribution in [0.5, 0.6) is 0 Å². The fourth-order valence-electron chi connectivity index (χ4n) is 1.17. The lowest BCUT2D eigenvalue weighted by Crippen LogP contribution is -2.01. The molecule has 15 heavy (non-hydrogen) atoms. The fraction of sp³-hybridized carbons (Fsp3) is 0.222. The molecule has 6 heteroatoms. The summed E-state index contributed by atoms with van der Waals surface area (Å²) >= 11 is 9.99. The first-order valence-corrected chi connectivity index (χ1v) is 7.39. The largest absolute Gasteiger partial charge is 0.462 e. The molecule has 0 aliphatic heterocycles. The second-order valence-electron chi connectivity index (χ2n) is 2.72. The van der Waals surface area contributed by atoms with Gasteiger partial charge in [0.1, 0.15) is 4.88 Å². The first-order valence-electron chi connectivity index (χ1n) is 4.18. The predicted octanol–water partition coefficient (Wildman–Crippen LogP) is 4.66. The number of esters is 1. The van der Waals surface area contributed by atoms with Gasteiger partial charge < -0.3 is 4.74 Å². The van der Waals surface area contributed by atoms with Gasteiger partial charge in [0.25, 0.3) is 0 Å². The third kappa shape index (κ3) is 2.13. The van der Waals surface area contributed by atoms with Crippen molar-refractivity contribution in [3.05, 3.63) is 18.5 Å². The Kier molecular flexibility index (Phi) is 3.49. The topological polar surface area (TPSA) is 26.3 Å². The van der Waals surface area contributed by atoms with Gasteiger partial charge in [0.2, 0.25) is 0 Å². The third-order valence-electron chi connectivity index (χ3n) is 1.78. The van der Waals surface area contributed by atoms with Crippen LogP contribution in [0.15, 0.2) is 13.6 Å². The van der Waals surface area contributed by atoms with Crippen LogP contribution in [0.2, 0.25) is 0 Å². The fourth-order valence-corrected chi connectivity index (χ4v) is 5.52. The molecule has 0 aliphatic rings. The van der Waals surface area contributed by atoms with E-state index in [1.54, 1.807) is 18.3 Å². The summed E-state index contributed by atoms with van der Waals surface area (Å²) in [6.45, 7) is 2.21. The van der Waals surface area contributed by atoms with Crippen LogP contribution in [0.4, 0.5) is 0 Å².